The van der Waals surface area contributed by atoms with Crippen LogP contribution in [-0.2, 0) is 0 Å². The van der Waals surface area contributed by atoms with E-state index < -0.39 is 0 Å². The van der Waals surface area contributed by atoms with Crippen molar-refractivity contribution in [3.63, 3.8) is 0 Å². The summed E-state index contributed by atoms with van der Waals surface area (Å²) < 4.78 is 0. The highest BCUT2D eigenvalue weighted by Crippen LogP contribution is 2.44. The fraction of sp³-hybridized carbons (Fsp3) is 0. The first-order chi connectivity index (χ1) is 10.9. The molecule has 3 aromatic carbocycles. The minimum Gasteiger partial charge on any atom is -0.354 e. The van der Waals surface area contributed by atoms with E-state index in [4.69, 9.17) is 0 Å². The average molecular weight is 301 g/mol. The van der Waals surface area contributed by atoms with Gasteiger partial charge in [0, 0.05) is 9.79 Å². The lowest BCUT2D eigenvalue weighted by Crippen LogP contribution is -1.99. The van der Waals surface area contributed by atoms with Crippen molar-refractivity contribution in [2.45, 2.75) is 9.79 Å². The third-order valence-electron chi connectivity index (χ3n) is 3.65. The Labute approximate surface area is 134 Å². The molecule has 2 heteroatoms. The number of hydrogen-bond donors (Lipinski definition) is 1. The second-order valence-electron chi connectivity index (χ2n) is 5.22. The molecule has 1 N–H and O–H groups in total. The number of rotatable bonds is 2. The molecule has 1 aliphatic rings. The normalized spacial score (nSPS) is 12.5. The topological polar surface area (TPSA) is 12.0 Å². The van der Waals surface area contributed by atoms with Crippen molar-refractivity contribution in [3.05, 3.63) is 83.9 Å². The van der Waals surface area contributed by atoms with Gasteiger partial charge in [0.2, 0.25) is 0 Å². The lowest BCUT2D eigenvalue weighted by atomic mass is 10.1. The lowest BCUT2D eigenvalue weighted by Gasteiger charge is -2.20. The van der Waals surface area contributed by atoms with Crippen LogP contribution in [0.15, 0.2) is 82.6 Å². The largest absolute Gasteiger partial charge is 0.354 e. The van der Waals surface area contributed by atoms with E-state index in [0.717, 1.165) is 0 Å². The van der Waals surface area contributed by atoms with Crippen LogP contribution in [0, 0.1) is 0 Å². The molecule has 0 radical (unpaired) electrons. The van der Waals surface area contributed by atoms with Crippen LogP contribution in [-0.4, -0.2) is 0 Å². The summed E-state index contributed by atoms with van der Waals surface area (Å²) in [5.74, 6) is 0. The van der Waals surface area contributed by atoms with Gasteiger partial charge in [-0.2, -0.15) is 0 Å². The summed E-state index contributed by atoms with van der Waals surface area (Å²) in [6.07, 6.45) is 4.30. The SMILES string of the molecule is C(=C\c1ccc2c(c1)Nc1ccccc1S2)/c1ccccc1. The van der Waals surface area contributed by atoms with E-state index in [-0.39, 0.29) is 0 Å². The molecule has 106 valence electrons. The summed E-state index contributed by atoms with van der Waals surface area (Å²) in [5.41, 5.74) is 4.78. The average Bonchev–Trinajstić information content (AvgIpc) is 2.59. The molecule has 0 saturated carbocycles. The van der Waals surface area contributed by atoms with E-state index in [0.29, 0.717) is 0 Å². The lowest BCUT2D eigenvalue weighted by molar-refractivity contribution is 1.31. The molecule has 4 rings (SSSR count). The molecule has 0 saturated heterocycles. The highest BCUT2D eigenvalue weighted by molar-refractivity contribution is 7.99. The Morgan fingerprint density at radius 1 is 0.636 bits per heavy atom. The number of anilines is 2. The molecule has 22 heavy (non-hydrogen) atoms. The maximum Gasteiger partial charge on any atom is 0.0532 e. The van der Waals surface area contributed by atoms with Crippen LogP contribution >= 0.6 is 11.8 Å². The van der Waals surface area contributed by atoms with Gasteiger partial charge in [-0.3, -0.25) is 0 Å². The van der Waals surface area contributed by atoms with Crippen LogP contribution in [0.3, 0.4) is 0 Å². The Hall–Kier alpha value is -2.45. The Kier molecular flexibility index (Phi) is 3.45. The monoisotopic (exact) mass is 301 g/mol. The molecule has 1 heterocycles. The molecule has 0 aliphatic carbocycles. The molecule has 1 aliphatic heterocycles. The molecule has 0 unspecified atom stereocenters. The van der Waals surface area contributed by atoms with Gasteiger partial charge in [0.05, 0.1) is 11.4 Å². The van der Waals surface area contributed by atoms with Crippen molar-refractivity contribution in [2.75, 3.05) is 5.32 Å². The van der Waals surface area contributed by atoms with E-state index in [2.05, 4.69) is 84.2 Å². The number of hydrogen-bond acceptors (Lipinski definition) is 2. The molecule has 0 amide bonds. The van der Waals surface area contributed by atoms with E-state index >= 15 is 0 Å². The zero-order chi connectivity index (χ0) is 14.8. The second-order valence-corrected chi connectivity index (χ2v) is 6.31. The van der Waals surface area contributed by atoms with Crippen molar-refractivity contribution >= 4 is 35.3 Å². The Morgan fingerprint density at radius 2 is 1.36 bits per heavy atom. The van der Waals surface area contributed by atoms with Gasteiger partial charge in [0.25, 0.3) is 0 Å². The highest BCUT2D eigenvalue weighted by Gasteiger charge is 2.14. The van der Waals surface area contributed by atoms with Crippen LogP contribution in [0.25, 0.3) is 12.2 Å². The number of fused-ring (bicyclic) bond motifs is 2. The smallest absolute Gasteiger partial charge is 0.0532 e. The van der Waals surface area contributed by atoms with Gasteiger partial charge in [0.15, 0.2) is 0 Å². The first-order valence-electron chi connectivity index (χ1n) is 7.29. The predicted octanol–water partition coefficient (Wildman–Crippen LogP) is 6.07. The Bertz CT molecular complexity index is 837. The van der Waals surface area contributed by atoms with Gasteiger partial charge in [-0.1, -0.05) is 72.4 Å². The van der Waals surface area contributed by atoms with Crippen molar-refractivity contribution in [1.82, 2.24) is 0 Å². The standard InChI is InChI=1S/C20H15NS/c1-2-6-15(7-3-1)10-11-16-12-13-20-18(14-16)21-17-8-4-5-9-19(17)22-20/h1-14,21H/b11-10+. The first kappa shape index (κ1) is 13.2. The van der Waals surface area contributed by atoms with Crippen molar-refractivity contribution < 1.29 is 0 Å². The predicted molar refractivity (Wildman–Crippen MR) is 95.7 cm³/mol. The van der Waals surface area contributed by atoms with E-state index in [1.54, 1.807) is 0 Å². The van der Waals surface area contributed by atoms with Gasteiger partial charge < -0.3 is 5.32 Å². The number of benzene rings is 3. The van der Waals surface area contributed by atoms with Crippen LogP contribution in [0.2, 0.25) is 0 Å². The van der Waals surface area contributed by atoms with Gasteiger partial charge in [-0.05, 0) is 35.4 Å². The summed E-state index contributed by atoms with van der Waals surface area (Å²) in [6.45, 7) is 0. The molecule has 0 spiro atoms. The molecular weight excluding hydrogens is 286 g/mol. The summed E-state index contributed by atoms with van der Waals surface area (Å²) in [7, 11) is 0. The molecule has 0 bridgehead atoms. The molecular formula is C20H15NS. The minimum atomic E-state index is 1.18. The third-order valence-corrected chi connectivity index (χ3v) is 4.80. The van der Waals surface area contributed by atoms with Gasteiger partial charge in [-0.15, -0.1) is 0 Å². The number of para-hydroxylation sites is 1. The van der Waals surface area contributed by atoms with Gasteiger partial charge in [-0.25, -0.2) is 0 Å². The number of nitrogens with one attached hydrogen (secondary N) is 1. The van der Waals surface area contributed by atoms with Gasteiger partial charge in [0.1, 0.15) is 0 Å². The van der Waals surface area contributed by atoms with Crippen molar-refractivity contribution in [1.29, 1.82) is 0 Å². The van der Waals surface area contributed by atoms with Crippen LogP contribution in [0.4, 0.5) is 11.4 Å². The summed E-state index contributed by atoms with van der Waals surface area (Å²) in [6, 6.07) is 25.4. The summed E-state index contributed by atoms with van der Waals surface area (Å²) >= 11 is 1.82. The highest BCUT2D eigenvalue weighted by atomic mass is 32.2. The van der Waals surface area contributed by atoms with E-state index in [1.807, 2.05) is 17.8 Å². The summed E-state index contributed by atoms with van der Waals surface area (Å²) in [4.78, 5) is 2.55. The van der Waals surface area contributed by atoms with Crippen LogP contribution < -0.4 is 5.32 Å². The quantitative estimate of drug-likeness (QED) is 0.451. The molecule has 1 nitrogen and oxygen atoms in total. The Morgan fingerprint density at radius 3 is 2.27 bits per heavy atom. The van der Waals surface area contributed by atoms with Gasteiger partial charge >= 0.3 is 0 Å². The molecule has 3 aromatic rings. The minimum absolute atomic E-state index is 1.18. The zero-order valence-corrected chi connectivity index (χ0v) is 12.8. The fourth-order valence-corrected chi connectivity index (χ4v) is 3.49. The third kappa shape index (κ3) is 2.66. The maximum atomic E-state index is 3.52. The molecule has 0 atom stereocenters. The van der Waals surface area contributed by atoms with Crippen molar-refractivity contribution in [3.8, 4) is 0 Å². The molecule has 0 fully saturated rings. The van der Waals surface area contributed by atoms with E-state index in [9.17, 15) is 0 Å². The zero-order valence-electron chi connectivity index (χ0n) is 12.0. The maximum absolute atomic E-state index is 3.52. The van der Waals surface area contributed by atoms with Crippen LogP contribution in [0.1, 0.15) is 11.1 Å². The Balaban J connectivity index is 1.62. The van der Waals surface area contributed by atoms with Crippen LogP contribution in [0.5, 0.6) is 0 Å². The van der Waals surface area contributed by atoms with E-state index in [1.165, 1.54) is 32.3 Å². The first-order valence-corrected chi connectivity index (χ1v) is 8.11. The molecule has 0 aromatic heterocycles. The summed E-state index contributed by atoms with van der Waals surface area (Å²) in [5, 5.41) is 3.52. The second kappa shape index (κ2) is 5.74. The fourth-order valence-electron chi connectivity index (χ4n) is 2.52. The van der Waals surface area contributed by atoms with Crippen molar-refractivity contribution in [2.24, 2.45) is 0 Å².